The van der Waals surface area contributed by atoms with Crippen molar-refractivity contribution in [2.75, 3.05) is 20.3 Å². The van der Waals surface area contributed by atoms with E-state index >= 15 is 0 Å². The van der Waals surface area contributed by atoms with Crippen LogP contribution in [0.2, 0.25) is 0 Å². The molecule has 12 heteroatoms. The second-order valence-electron chi connectivity index (χ2n) is 9.45. The van der Waals surface area contributed by atoms with Gasteiger partial charge in [-0.25, -0.2) is 15.0 Å². The van der Waals surface area contributed by atoms with E-state index in [1.54, 1.807) is 68.4 Å². The number of carbonyl (C=O) groups excluding carboxylic acids is 3. The molecule has 1 heterocycles. The topological polar surface area (TPSA) is 160 Å². The lowest BCUT2D eigenvalue weighted by Crippen LogP contribution is -2.45. The van der Waals surface area contributed by atoms with Crippen molar-refractivity contribution < 1.29 is 33.3 Å². The number of ether oxygens (including phenoxy) is 4. The van der Waals surface area contributed by atoms with Crippen molar-refractivity contribution >= 4 is 24.1 Å². The second-order valence-corrected chi connectivity index (χ2v) is 9.45. The molecule has 3 amide bonds. The molecule has 0 saturated carbocycles. The van der Waals surface area contributed by atoms with E-state index in [0.29, 0.717) is 34.9 Å². The van der Waals surface area contributed by atoms with Gasteiger partial charge in [0.05, 0.1) is 43.2 Å². The lowest BCUT2D eigenvalue weighted by atomic mass is 9.95. The van der Waals surface area contributed by atoms with Crippen LogP contribution in [-0.2, 0) is 20.9 Å². The zero-order valence-corrected chi connectivity index (χ0v) is 24.4. The van der Waals surface area contributed by atoms with Crippen molar-refractivity contribution in [3.63, 3.8) is 0 Å². The van der Waals surface area contributed by atoms with Gasteiger partial charge in [0.1, 0.15) is 12.4 Å². The van der Waals surface area contributed by atoms with Crippen molar-refractivity contribution in [2.24, 2.45) is 5.10 Å². The van der Waals surface area contributed by atoms with Gasteiger partial charge >= 0.3 is 12.0 Å². The first-order chi connectivity index (χ1) is 21.3. The summed E-state index contributed by atoms with van der Waals surface area (Å²) in [7, 11) is 1.44. The summed E-state index contributed by atoms with van der Waals surface area (Å²) in [5.74, 6) is 0.195. The molecular weight excluding hydrogens is 566 g/mol. The Kier molecular flexibility index (Phi) is 10.5. The maximum absolute atomic E-state index is 12.6. The van der Waals surface area contributed by atoms with Gasteiger partial charge in [-0.15, -0.1) is 0 Å². The molecule has 3 N–H and O–H groups in total. The van der Waals surface area contributed by atoms with Gasteiger partial charge in [-0.2, -0.15) is 10.4 Å². The highest BCUT2D eigenvalue weighted by Crippen LogP contribution is 2.34. The monoisotopic (exact) mass is 597 g/mol. The number of hydrogen-bond acceptors (Lipinski definition) is 9. The third-order valence-corrected chi connectivity index (χ3v) is 6.42. The van der Waals surface area contributed by atoms with E-state index in [1.165, 1.54) is 13.3 Å². The smallest absolute Gasteiger partial charge is 0.338 e. The summed E-state index contributed by atoms with van der Waals surface area (Å²) >= 11 is 0. The third kappa shape index (κ3) is 8.13. The Bertz CT molecular complexity index is 1610. The van der Waals surface area contributed by atoms with Crippen molar-refractivity contribution in [1.82, 2.24) is 16.1 Å². The van der Waals surface area contributed by atoms with Gasteiger partial charge in [0.25, 0.3) is 5.91 Å². The Hall–Kier alpha value is -5.83. The Morgan fingerprint density at radius 1 is 1.05 bits per heavy atom. The number of amides is 3. The number of esters is 1. The SMILES string of the molecule is CCOC(=O)C1=C(C)NC(=O)N[C@@H]1c1ccc(OCC(=O)N/N=C/c2ccc(OCc3ccc(C#N)cc3)cc2)c(OC)c1. The lowest BCUT2D eigenvalue weighted by Gasteiger charge is -2.28. The van der Waals surface area contributed by atoms with Crippen LogP contribution in [0.3, 0.4) is 0 Å². The van der Waals surface area contributed by atoms with Gasteiger partial charge < -0.3 is 29.6 Å². The van der Waals surface area contributed by atoms with E-state index in [1.807, 2.05) is 12.1 Å². The number of carbonyl (C=O) groups is 3. The minimum atomic E-state index is -0.772. The zero-order valence-electron chi connectivity index (χ0n) is 24.4. The van der Waals surface area contributed by atoms with Crippen molar-refractivity contribution in [1.29, 1.82) is 5.26 Å². The summed E-state index contributed by atoms with van der Waals surface area (Å²) < 4.78 is 22.0. The van der Waals surface area contributed by atoms with Crippen molar-refractivity contribution in [2.45, 2.75) is 26.5 Å². The van der Waals surface area contributed by atoms with Crippen LogP contribution in [0.4, 0.5) is 4.79 Å². The normalized spacial score (nSPS) is 14.2. The molecule has 3 aromatic rings. The first-order valence-electron chi connectivity index (χ1n) is 13.6. The Morgan fingerprint density at radius 3 is 2.48 bits per heavy atom. The molecule has 1 aliphatic rings. The number of nitrogens with one attached hydrogen (secondary N) is 3. The van der Waals surface area contributed by atoms with E-state index < -0.39 is 23.9 Å². The number of allylic oxidation sites excluding steroid dienone is 1. The third-order valence-electron chi connectivity index (χ3n) is 6.42. The predicted octanol–water partition coefficient (Wildman–Crippen LogP) is 3.87. The van der Waals surface area contributed by atoms with E-state index in [2.05, 4.69) is 27.2 Å². The van der Waals surface area contributed by atoms with Crippen LogP contribution in [0.25, 0.3) is 0 Å². The molecule has 0 unspecified atom stereocenters. The van der Waals surface area contributed by atoms with Gasteiger partial charge in [-0.3, -0.25) is 4.79 Å². The Labute approximate surface area is 254 Å². The molecule has 1 atom stereocenters. The first kappa shape index (κ1) is 31.1. The van der Waals surface area contributed by atoms with Crippen molar-refractivity contribution in [3.05, 3.63) is 100 Å². The molecule has 0 aliphatic carbocycles. The molecule has 226 valence electrons. The zero-order chi connectivity index (χ0) is 31.5. The summed E-state index contributed by atoms with van der Waals surface area (Å²) in [5, 5.41) is 18.2. The number of rotatable bonds is 12. The summed E-state index contributed by atoms with van der Waals surface area (Å²) in [6.45, 7) is 3.53. The van der Waals surface area contributed by atoms with E-state index in [9.17, 15) is 14.4 Å². The molecule has 4 rings (SSSR count). The van der Waals surface area contributed by atoms with Crippen LogP contribution < -0.4 is 30.3 Å². The fourth-order valence-corrected chi connectivity index (χ4v) is 4.25. The van der Waals surface area contributed by atoms with Gasteiger partial charge in [-0.05, 0) is 79.1 Å². The van der Waals surface area contributed by atoms with Crippen LogP contribution in [0.5, 0.6) is 17.2 Å². The number of urea groups is 1. The number of benzene rings is 3. The molecule has 0 radical (unpaired) electrons. The molecule has 44 heavy (non-hydrogen) atoms. The van der Waals surface area contributed by atoms with Crippen LogP contribution in [0.15, 0.2) is 83.1 Å². The summed E-state index contributed by atoms with van der Waals surface area (Å²) in [6, 6.07) is 20.0. The number of hydrazone groups is 1. The molecule has 0 aromatic heterocycles. The van der Waals surface area contributed by atoms with E-state index in [0.717, 1.165) is 11.1 Å². The minimum absolute atomic E-state index is 0.182. The van der Waals surface area contributed by atoms with Crippen LogP contribution in [0, 0.1) is 11.3 Å². The second kappa shape index (κ2) is 14.9. The summed E-state index contributed by atoms with van der Waals surface area (Å²) in [4.78, 5) is 37.1. The highest BCUT2D eigenvalue weighted by Gasteiger charge is 2.32. The maximum atomic E-state index is 12.6. The fraction of sp³-hybridized carbons (Fsp3) is 0.219. The Balaban J connectivity index is 1.30. The molecule has 12 nitrogen and oxygen atoms in total. The lowest BCUT2D eigenvalue weighted by molar-refractivity contribution is -0.139. The molecule has 0 saturated heterocycles. The van der Waals surface area contributed by atoms with Gasteiger partial charge in [-0.1, -0.05) is 18.2 Å². The van der Waals surface area contributed by atoms with Crippen molar-refractivity contribution in [3.8, 4) is 23.3 Å². The largest absolute Gasteiger partial charge is 0.493 e. The maximum Gasteiger partial charge on any atom is 0.338 e. The molecule has 3 aromatic carbocycles. The average Bonchev–Trinajstić information content (AvgIpc) is 3.03. The summed E-state index contributed by atoms with van der Waals surface area (Å²) in [5.41, 5.74) is 5.90. The average molecular weight is 598 g/mol. The van der Waals surface area contributed by atoms with Gasteiger partial charge in [0.15, 0.2) is 18.1 Å². The number of nitriles is 1. The van der Waals surface area contributed by atoms with Crippen LogP contribution in [0.1, 0.15) is 42.1 Å². The molecule has 0 spiro atoms. The molecule has 0 fully saturated rings. The standard InChI is InChI=1S/C32H31N5O7/c1-4-42-31(39)29-20(2)35-32(40)36-30(29)24-11-14-26(27(15-24)41-3)44-19-28(38)37-34-17-22-9-12-25(13-10-22)43-18-23-7-5-21(16-33)6-8-23/h5-15,17,30H,4,18-19H2,1-3H3,(H,37,38)(H2,35,36,40)/b34-17+/t30-/m1/s1. The van der Waals surface area contributed by atoms with Gasteiger partial charge in [0, 0.05) is 5.70 Å². The van der Waals surface area contributed by atoms with Gasteiger partial charge in [0.2, 0.25) is 0 Å². The minimum Gasteiger partial charge on any atom is -0.493 e. The van der Waals surface area contributed by atoms with E-state index in [-0.39, 0.29) is 24.5 Å². The fourth-order valence-electron chi connectivity index (χ4n) is 4.25. The number of hydrogen-bond donors (Lipinski definition) is 3. The van der Waals surface area contributed by atoms with Crippen LogP contribution >= 0.6 is 0 Å². The highest BCUT2D eigenvalue weighted by atomic mass is 16.5. The predicted molar refractivity (Wildman–Crippen MR) is 160 cm³/mol. The van der Waals surface area contributed by atoms with Crippen LogP contribution in [-0.4, -0.2) is 44.4 Å². The number of nitrogens with zero attached hydrogens (tertiary/aromatic N) is 2. The highest BCUT2D eigenvalue weighted by molar-refractivity contribution is 5.95. The first-order valence-corrected chi connectivity index (χ1v) is 13.6. The number of methoxy groups -OCH3 is 1. The quantitative estimate of drug-likeness (QED) is 0.161. The Morgan fingerprint density at radius 2 is 1.80 bits per heavy atom. The molecule has 1 aliphatic heterocycles. The molecular formula is C32H31N5O7. The van der Waals surface area contributed by atoms with E-state index in [4.69, 9.17) is 24.2 Å². The molecule has 0 bridgehead atoms. The summed E-state index contributed by atoms with van der Waals surface area (Å²) in [6.07, 6.45) is 1.49.